The van der Waals surface area contributed by atoms with Gasteiger partial charge in [0.05, 0.1) is 11.7 Å². The van der Waals surface area contributed by atoms with E-state index in [9.17, 15) is 4.79 Å². The number of rotatable bonds is 6. The highest BCUT2D eigenvalue weighted by Gasteiger charge is 2.18. The van der Waals surface area contributed by atoms with E-state index < -0.39 is 0 Å². The first kappa shape index (κ1) is 17.6. The highest BCUT2D eigenvalue weighted by atomic mass is 16.6. The number of carbonyl (C=O) groups excluding carboxylic acids is 1. The first-order valence-electron chi connectivity index (χ1n) is 9.27. The van der Waals surface area contributed by atoms with E-state index in [1.165, 1.54) is 5.39 Å². The lowest BCUT2D eigenvalue weighted by Crippen LogP contribution is -2.18. The van der Waals surface area contributed by atoms with Crippen molar-refractivity contribution in [3.63, 3.8) is 0 Å². The van der Waals surface area contributed by atoms with Crippen LogP contribution in [0.25, 0.3) is 10.8 Å². The second-order valence-electron chi connectivity index (χ2n) is 6.73. The van der Waals surface area contributed by atoms with Crippen molar-refractivity contribution in [2.45, 2.75) is 25.6 Å². The molecule has 27 heavy (non-hydrogen) atoms. The molecule has 0 N–H and O–H groups in total. The van der Waals surface area contributed by atoms with Crippen LogP contribution in [0.2, 0.25) is 0 Å². The third-order valence-electron chi connectivity index (χ3n) is 4.71. The molecular weight excluding hydrogens is 340 g/mol. The molecule has 0 saturated carbocycles. The minimum absolute atomic E-state index is 0.0355. The molecule has 1 heterocycles. The zero-order valence-corrected chi connectivity index (χ0v) is 15.1. The SMILES string of the molecule is O=C(OC[C@H]1CCCO1)c1cccc(COc2ccc3ccccc3c2)c1. The third-order valence-corrected chi connectivity index (χ3v) is 4.71. The van der Waals surface area contributed by atoms with Crippen molar-refractivity contribution in [1.82, 2.24) is 0 Å². The molecule has 3 aromatic carbocycles. The second kappa shape index (κ2) is 8.23. The summed E-state index contributed by atoms with van der Waals surface area (Å²) in [7, 11) is 0. The molecule has 4 rings (SSSR count). The lowest BCUT2D eigenvalue weighted by molar-refractivity contribution is 0.0161. The second-order valence-corrected chi connectivity index (χ2v) is 6.73. The van der Waals surface area contributed by atoms with Gasteiger partial charge in [0, 0.05) is 6.61 Å². The average Bonchev–Trinajstić information content (AvgIpc) is 3.24. The van der Waals surface area contributed by atoms with E-state index in [1.807, 2.05) is 48.5 Å². The molecule has 0 aromatic heterocycles. The van der Waals surface area contributed by atoms with E-state index in [2.05, 4.69) is 12.1 Å². The maximum absolute atomic E-state index is 12.3. The summed E-state index contributed by atoms with van der Waals surface area (Å²) in [6.45, 7) is 1.46. The van der Waals surface area contributed by atoms with Gasteiger partial charge in [0.2, 0.25) is 0 Å². The van der Waals surface area contributed by atoms with Gasteiger partial charge in [-0.25, -0.2) is 4.79 Å². The minimum Gasteiger partial charge on any atom is -0.489 e. The van der Waals surface area contributed by atoms with Gasteiger partial charge in [0.15, 0.2) is 0 Å². The Hall–Kier alpha value is -2.85. The molecule has 1 fully saturated rings. The van der Waals surface area contributed by atoms with Gasteiger partial charge in [-0.1, -0.05) is 42.5 Å². The van der Waals surface area contributed by atoms with E-state index in [4.69, 9.17) is 14.2 Å². The fraction of sp³-hybridized carbons (Fsp3) is 0.261. The molecule has 1 saturated heterocycles. The fourth-order valence-corrected chi connectivity index (χ4v) is 3.24. The Morgan fingerprint density at radius 3 is 2.74 bits per heavy atom. The molecule has 1 aliphatic rings. The number of ether oxygens (including phenoxy) is 3. The monoisotopic (exact) mass is 362 g/mol. The van der Waals surface area contributed by atoms with Crippen molar-refractivity contribution in [2.75, 3.05) is 13.2 Å². The van der Waals surface area contributed by atoms with Crippen LogP contribution in [0.15, 0.2) is 66.7 Å². The molecule has 1 atom stereocenters. The first-order chi connectivity index (χ1) is 13.3. The number of esters is 1. The smallest absolute Gasteiger partial charge is 0.338 e. The molecule has 0 unspecified atom stereocenters. The van der Waals surface area contributed by atoms with E-state index >= 15 is 0 Å². The van der Waals surface area contributed by atoms with Gasteiger partial charge >= 0.3 is 5.97 Å². The van der Waals surface area contributed by atoms with Crippen molar-refractivity contribution < 1.29 is 19.0 Å². The van der Waals surface area contributed by atoms with Crippen LogP contribution < -0.4 is 4.74 Å². The summed E-state index contributed by atoms with van der Waals surface area (Å²) in [6, 6.07) is 21.6. The van der Waals surface area contributed by atoms with E-state index in [1.54, 1.807) is 6.07 Å². The summed E-state index contributed by atoms with van der Waals surface area (Å²) in [5.74, 6) is 0.484. The summed E-state index contributed by atoms with van der Waals surface area (Å²) < 4.78 is 16.8. The van der Waals surface area contributed by atoms with E-state index in [-0.39, 0.29) is 12.1 Å². The fourth-order valence-electron chi connectivity index (χ4n) is 3.24. The molecular formula is C23H22O4. The van der Waals surface area contributed by atoms with Gasteiger partial charge in [-0.2, -0.15) is 0 Å². The van der Waals surface area contributed by atoms with Gasteiger partial charge in [-0.15, -0.1) is 0 Å². The molecule has 4 nitrogen and oxygen atoms in total. The van der Waals surface area contributed by atoms with Crippen molar-refractivity contribution in [2.24, 2.45) is 0 Å². The molecule has 1 aliphatic heterocycles. The highest BCUT2D eigenvalue weighted by Crippen LogP contribution is 2.21. The molecule has 4 heteroatoms. The number of fused-ring (bicyclic) bond motifs is 1. The van der Waals surface area contributed by atoms with Gasteiger partial charge in [0.25, 0.3) is 0 Å². The lowest BCUT2D eigenvalue weighted by atomic mass is 10.1. The van der Waals surface area contributed by atoms with Crippen molar-refractivity contribution >= 4 is 16.7 Å². The summed E-state index contributed by atoms with van der Waals surface area (Å²) in [5, 5.41) is 2.32. The summed E-state index contributed by atoms with van der Waals surface area (Å²) in [6.07, 6.45) is 2.02. The van der Waals surface area contributed by atoms with Crippen LogP contribution in [-0.4, -0.2) is 25.3 Å². The highest BCUT2D eigenvalue weighted by molar-refractivity contribution is 5.89. The van der Waals surface area contributed by atoms with Gasteiger partial charge in [-0.05, 0) is 53.4 Å². The van der Waals surface area contributed by atoms with Crippen LogP contribution in [0, 0.1) is 0 Å². The first-order valence-corrected chi connectivity index (χ1v) is 9.27. The number of hydrogen-bond donors (Lipinski definition) is 0. The Morgan fingerprint density at radius 2 is 1.89 bits per heavy atom. The summed E-state index contributed by atoms with van der Waals surface area (Å²) in [4.78, 5) is 12.3. The van der Waals surface area contributed by atoms with E-state index in [0.717, 1.165) is 36.1 Å². The number of benzene rings is 3. The number of carbonyl (C=O) groups is 1. The molecule has 3 aromatic rings. The van der Waals surface area contributed by atoms with Crippen LogP contribution in [0.4, 0.5) is 0 Å². The minimum atomic E-state index is -0.321. The topological polar surface area (TPSA) is 44.8 Å². The van der Waals surface area contributed by atoms with Crippen molar-refractivity contribution in [3.8, 4) is 5.75 Å². The third kappa shape index (κ3) is 4.47. The Bertz CT molecular complexity index is 928. The van der Waals surface area contributed by atoms with E-state index in [0.29, 0.717) is 18.8 Å². The Kier molecular flexibility index (Phi) is 5.35. The quantitative estimate of drug-likeness (QED) is 0.593. The lowest BCUT2D eigenvalue weighted by Gasteiger charge is -2.11. The number of hydrogen-bond acceptors (Lipinski definition) is 4. The van der Waals surface area contributed by atoms with Crippen LogP contribution in [0.3, 0.4) is 0 Å². The molecule has 0 bridgehead atoms. The van der Waals surface area contributed by atoms with Gasteiger partial charge in [-0.3, -0.25) is 0 Å². The zero-order chi connectivity index (χ0) is 18.5. The predicted octanol–water partition coefficient (Wildman–Crippen LogP) is 4.75. The average molecular weight is 362 g/mol. The summed E-state index contributed by atoms with van der Waals surface area (Å²) in [5.41, 5.74) is 1.46. The van der Waals surface area contributed by atoms with Crippen LogP contribution >= 0.6 is 0 Å². The Balaban J connectivity index is 1.37. The standard InChI is InChI=1S/C23H22O4/c24-23(27-16-22-9-4-12-25-22)20-8-3-5-17(13-20)15-26-21-11-10-18-6-1-2-7-19(18)14-21/h1-3,5-8,10-11,13-14,22H,4,9,12,15-16H2/t22-/m1/s1. The van der Waals surface area contributed by atoms with Crippen LogP contribution in [0.1, 0.15) is 28.8 Å². The predicted molar refractivity (Wildman–Crippen MR) is 104 cm³/mol. The normalized spacial score (nSPS) is 16.4. The molecule has 0 radical (unpaired) electrons. The zero-order valence-electron chi connectivity index (χ0n) is 15.1. The Morgan fingerprint density at radius 1 is 1.00 bits per heavy atom. The van der Waals surface area contributed by atoms with Crippen LogP contribution in [-0.2, 0) is 16.1 Å². The molecule has 0 spiro atoms. The van der Waals surface area contributed by atoms with Gasteiger partial charge < -0.3 is 14.2 Å². The van der Waals surface area contributed by atoms with Crippen molar-refractivity contribution in [1.29, 1.82) is 0 Å². The van der Waals surface area contributed by atoms with Crippen LogP contribution in [0.5, 0.6) is 5.75 Å². The maximum atomic E-state index is 12.3. The van der Waals surface area contributed by atoms with Crippen molar-refractivity contribution in [3.05, 3.63) is 77.9 Å². The largest absolute Gasteiger partial charge is 0.489 e. The Labute approximate surface area is 158 Å². The molecule has 0 aliphatic carbocycles. The summed E-state index contributed by atoms with van der Waals surface area (Å²) >= 11 is 0. The molecule has 0 amide bonds. The van der Waals surface area contributed by atoms with Gasteiger partial charge in [0.1, 0.15) is 19.0 Å². The molecule has 138 valence electrons. The maximum Gasteiger partial charge on any atom is 0.338 e.